The van der Waals surface area contributed by atoms with Crippen LogP contribution < -0.4 is 0 Å². The summed E-state index contributed by atoms with van der Waals surface area (Å²) in [6.45, 7) is 19.0. The minimum Gasteiger partial charge on any atom is -0.414 e. The van der Waals surface area contributed by atoms with Crippen molar-refractivity contribution in [3.8, 4) is 0 Å². The van der Waals surface area contributed by atoms with Crippen LogP contribution in [0.25, 0.3) is 0 Å². The molecule has 32 heavy (non-hydrogen) atoms. The van der Waals surface area contributed by atoms with Crippen molar-refractivity contribution in [3.05, 3.63) is 11.6 Å². The molecule has 0 aromatic rings. The van der Waals surface area contributed by atoms with Gasteiger partial charge >= 0.3 is 0 Å². The molecular weight excluding hydrogens is 430 g/mol. The molecule has 0 bridgehead atoms. The van der Waals surface area contributed by atoms with Gasteiger partial charge in [0.25, 0.3) is 0 Å². The summed E-state index contributed by atoms with van der Waals surface area (Å²) >= 11 is 0. The van der Waals surface area contributed by atoms with Crippen LogP contribution in [0.1, 0.15) is 58.8 Å². The van der Waals surface area contributed by atoms with Crippen molar-refractivity contribution in [1.82, 2.24) is 0 Å². The van der Waals surface area contributed by atoms with E-state index in [1.807, 2.05) is 0 Å². The van der Waals surface area contributed by atoms with Gasteiger partial charge in [-0.25, -0.2) is 0 Å². The van der Waals surface area contributed by atoms with Gasteiger partial charge < -0.3 is 13.7 Å². The third kappa shape index (κ3) is 4.46. The summed E-state index contributed by atoms with van der Waals surface area (Å²) in [4.78, 5) is 5.32. The maximum Gasteiger partial charge on any atom is 0.184 e. The SMILES string of the molecule is CO/N=C1/C[C@H]2[C@@H]3CC=C4C[C@@H](O[Si](C)(C)C)CC[C@]4(C)[C@H]3CC[C@]2(C)[C@H]1O[Si](C)(C)C. The first kappa shape index (κ1) is 24.7. The average Bonchev–Trinajstić information content (AvgIpc) is 2.92. The lowest BCUT2D eigenvalue weighted by atomic mass is 9.48. The Hall–Kier alpha value is -0.436. The molecule has 0 amide bonds. The van der Waals surface area contributed by atoms with E-state index >= 15 is 0 Å². The van der Waals surface area contributed by atoms with E-state index in [-0.39, 0.29) is 11.5 Å². The fourth-order valence-corrected chi connectivity index (χ4v) is 10.1. The fraction of sp³-hybridized carbons (Fsp3) is 0.885. The molecule has 0 unspecified atom stereocenters. The highest BCUT2D eigenvalue weighted by Gasteiger charge is 2.61. The van der Waals surface area contributed by atoms with Gasteiger partial charge in [0.2, 0.25) is 0 Å². The zero-order valence-corrected chi connectivity index (χ0v) is 24.1. The quantitative estimate of drug-likeness (QED) is 0.243. The Morgan fingerprint density at radius 3 is 2.22 bits per heavy atom. The van der Waals surface area contributed by atoms with Crippen LogP contribution in [-0.2, 0) is 13.7 Å². The molecule has 6 heteroatoms. The standard InChI is InChI=1S/C26H47NO3Si2/c1-25-14-12-19(29-31(4,5)6)16-18(25)10-11-20-21(25)13-15-26(2)22(20)17-23(27-28-3)24(26)30-32(7,8)9/h10,19-22,24H,11-17H2,1-9H3/b27-23-/t19-,20+,21-,22-,24-,25-,26-/m0/s1. The molecule has 0 heterocycles. The third-order valence-corrected chi connectivity index (χ3v) is 11.0. The molecule has 7 atom stereocenters. The average molecular weight is 478 g/mol. The van der Waals surface area contributed by atoms with E-state index in [2.05, 4.69) is 64.4 Å². The topological polar surface area (TPSA) is 40.0 Å². The Kier molecular flexibility index (Phi) is 6.44. The largest absolute Gasteiger partial charge is 0.414 e. The highest BCUT2D eigenvalue weighted by molar-refractivity contribution is 6.70. The summed E-state index contributed by atoms with van der Waals surface area (Å²) in [6.07, 6.45) is 11.7. The molecule has 4 nitrogen and oxygen atoms in total. The molecule has 0 spiro atoms. The van der Waals surface area contributed by atoms with Gasteiger partial charge in [-0.3, -0.25) is 0 Å². The predicted octanol–water partition coefficient (Wildman–Crippen LogP) is 7.00. The number of fused-ring (bicyclic) bond motifs is 5. The maximum absolute atomic E-state index is 6.81. The van der Waals surface area contributed by atoms with Crippen LogP contribution in [-0.4, -0.2) is 41.7 Å². The molecule has 0 aliphatic heterocycles. The first-order valence-corrected chi connectivity index (χ1v) is 19.7. The van der Waals surface area contributed by atoms with Crippen molar-refractivity contribution < 1.29 is 13.7 Å². The molecule has 4 aliphatic rings. The fourth-order valence-electron chi connectivity index (χ4n) is 7.76. The molecule has 0 radical (unpaired) electrons. The molecule has 4 rings (SSSR count). The van der Waals surface area contributed by atoms with E-state index in [1.54, 1.807) is 12.7 Å². The second-order valence-electron chi connectivity index (χ2n) is 13.5. The van der Waals surface area contributed by atoms with Gasteiger partial charge in [-0.15, -0.1) is 0 Å². The highest BCUT2D eigenvalue weighted by atomic mass is 28.4. The summed E-state index contributed by atoms with van der Waals surface area (Å²) < 4.78 is 13.4. The zero-order valence-electron chi connectivity index (χ0n) is 22.1. The van der Waals surface area contributed by atoms with E-state index in [9.17, 15) is 0 Å². The second kappa shape index (κ2) is 8.35. The first-order chi connectivity index (χ1) is 14.8. The number of rotatable bonds is 5. The van der Waals surface area contributed by atoms with E-state index in [1.165, 1.54) is 32.1 Å². The van der Waals surface area contributed by atoms with Crippen LogP contribution >= 0.6 is 0 Å². The lowest BCUT2D eigenvalue weighted by molar-refractivity contribution is -0.0627. The first-order valence-electron chi connectivity index (χ1n) is 12.9. The van der Waals surface area contributed by atoms with E-state index in [4.69, 9.17) is 13.7 Å². The number of hydrogen-bond donors (Lipinski definition) is 0. The zero-order chi connectivity index (χ0) is 23.5. The predicted molar refractivity (Wildman–Crippen MR) is 138 cm³/mol. The molecule has 0 saturated heterocycles. The van der Waals surface area contributed by atoms with Gasteiger partial charge in [0.05, 0.1) is 11.8 Å². The summed E-state index contributed by atoms with van der Waals surface area (Å²) in [5.41, 5.74) is 3.39. The van der Waals surface area contributed by atoms with Crippen molar-refractivity contribution in [3.63, 3.8) is 0 Å². The van der Waals surface area contributed by atoms with Crippen molar-refractivity contribution in [1.29, 1.82) is 0 Å². The van der Waals surface area contributed by atoms with Gasteiger partial charge in [0, 0.05) is 11.5 Å². The van der Waals surface area contributed by atoms with Crippen molar-refractivity contribution in [2.75, 3.05) is 7.11 Å². The summed E-state index contributed by atoms with van der Waals surface area (Å²) in [5.74, 6) is 2.15. The molecule has 3 saturated carbocycles. The Bertz CT molecular complexity index is 783. The monoisotopic (exact) mass is 477 g/mol. The molecule has 0 aromatic carbocycles. The maximum atomic E-state index is 6.81. The van der Waals surface area contributed by atoms with Crippen LogP contribution in [0, 0.1) is 28.6 Å². The van der Waals surface area contributed by atoms with Crippen LogP contribution in [0.4, 0.5) is 0 Å². The van der Waals surface area contributed by atoms with E-state index in [0.29, 0.717) is 17.4 Å². The molecule has 3 fully saturated rings. The summed E-state index contributed by atoms with van der Waals surface area (Å²) in [7, 11) is -1.50. The van der Waals surface area contributed by atoms with E-state index in [0.717, 1.165) is 30.4 Å². The normalized spacial score (nSPS) is 43.3. The van der Waals surface area contributed by atoms with Gasteiger partial charge in [0.1, 0.15) is 7.11 Å². The smallest absolute Gasteiger partial charge is 0.184 e. The Balaban J connectivity index is 1.60. The molecule has 0 aromatic heterocycles. The Morgan fingerprint density at radius 1 is 0.906 bits per heavy atom. The van der Waals surface area contributed by atoms with Crippen LogP contribution in [0.2, 0.25) is 39.3 Å². The minimum atomic E-state index is -1.69. The van der Waals surface area contributed by atoms with Crippen LogP contribution in [0.3, 0.4) is 0 Å². The van der Waals surface area contributed by atoms with E-state index < -0.39 is 16.6 Å². The molecule has 0 N–H and O–H groups in total. The van der Waals surface area contributed by atoms with Crippen LogP contribution in [0.5, 0.6) is 0 Å². The number of oxime groups is 1. The van der Waals surface area contributed by atoms with Crippen molar-refractivity contribution >= 4 is 22.3 Å². The van der Waals surface area contributed by atoms with Crippen LogP contribution in [0.15, 0.2) is 16.8 Å². The molecule has 182 valence electrons. The van der Waals surface area contributed by atoms with Gasteiger partial charge in [0.15, 0.2) is 16.6 Å². The lowest BCUT2D eigenvalue weighted by Crippen LogP contribution is -2.53. The highest BCUT2D eigenvalue weighted by Crippen LogP contribution is 2.65. The van der Waals surface area contributed by atoms with Gasteiger partial charge in [-0.1, -0.05) is 30.7 Å². The third-order valence-electron chi connectivity index (χ3n) is 9.03. The van der Waals surface area contributed by atoms with Crippen molar-refractivity contribution in [2.45, 2.75) is 110 Å². The van der Waals surface area contributed by atoms with Gasteiger partial charge in [-0.05, 0) is 107 Å². The lowest BCUT2D eigenvalue weighted by Gasteiger charge is -2.58. The molecule has 4 aliphatic carbocycles. The summed E-state index contributed by atoms with van der Waals surface area (Å²) in [6, 6.07) is 0. The number of hydrogen-bond acceptors (Lipinski definition) is 4. The Morgan fingerprint density at radius 2 is 1.59 bits per heavy atom. The second-order valence-corrected chi connectivity index (χ2v) is 22.4. The Labute approximate surface area is 198 Å². The van der Waals surface area contributed by atoms with Gasteiger partial charge in [-0.2, -0.15) is 0 Å². The summed E-state index contributed by atoms with van der Waals surface area (Å²) in [5, 5.41) is 4.52. The number of nitrogens with zero attached hydrogens (tertiary/aromatic N) is 1. The minimum absolute atomic E-state index is 0.124. The number of allylic oxidation sites excluding steroid dienone is 1. The molecular formula is C26H47NO3Si2. The van der Waals surface area contributed by atoms with Crippen molar-refractivity contribution in [2.24, 2.45) is 33.7 Å².